The van der Waals surface area contributed by atoms with E-state index in [1.54, 1.807) is 17.5 Å². The number of aliphatic imine (C=N–C) groups is 1. The molecule has 14 heteroatoms. The highest BCUT2D eigenvalue weighted by Crippen LogP contribution is 2.40. The monoisotopic (exact) mass is 762 g/mol. The Morgan fingerprint density at radius 1 is 1.06 bits per heavy atom. The van der Waals surface area contributed by atoms with Crippen molar-refractivity contribution < 1.29 is 19.1 Å². The molecule has 4 aromatic heterocycles. The highest BCUT2D eigenvalue weighted by molar-refractivity contribution is 7.15. The summed E-state index contributed by atoms with van der Waals surface area (Å²) in [4.78, 5) is 48.9. The maximum atomic E-state index is 13.3. The number of ether oxygens (including phenoxy) is 1. The average molecular weight is 763 g/mol. The Morgan fingerprint density at radius 2 is 1.89 bits per heavy atom. The lowest BCUT2D eigenvalue weighted by atomic mass is 9.99. The number of carbonyl (C=O) groups is 3. The standard InChI is InChI=1S/C40H39ClN8O4S/c1-22-23(2)54-40-35(22)36(26-9-11-27(41)12-10-26)44-30(38-47-46-24(3)48(38)40)21-34(51)42-17-19-53-18-5-6-25-8-13-31-29(20-25)28-7-4-16-43-37(28)49(31)32-14-15-33(50)45-39(32)52/h4,7-13,16,20,30,32H,5-6,14-15,17-19,21H2,1-3H3,(H,42,51)(H,45,50,52)/t30-,32?/m0/s1. The van der Waals surface area contributed by atoms with Crippen molar-refractivity contribution in [3.05, 3.63) is 105 Å². The van der Waals surface area contributed by atoms with Crippen LogP contribution in [0.25, 0.3) is 26.9 Å². The van der Waals surface area contributed by atoms with Gasteiger partial charge in [-0.2, -0.15) is 0 Å². The van der Waals surface area contributed by atoms with E-state index < -0.39 is 12.1 Å². The number of thiophene rings is 1. The number of rotatable bonds is 11. The van der Waals surface area contributed by atoms with E-state index in [-0.39, 0.29) is 24.1 Å². The first-order valence-electron chi connectivity index (χ1n) is 18.1. The number of fused-ring (bicyclic) bond motifs is 6. The highest BCUT2D eigenvalue weighted by atomic mass is 35.5. The quantitative estimate of drug-likeness (QED) is 0.114. The number of halogens is 1. The predicted molar refractivity (Wildman–Crippen MR) is 209 cm³/mol. The van der Waals surface area contributed by atoms with Crippen LogP contribution in [0.2, 0.25) is 5.02 Å². The zero-order valence-electron chi connectivity index (χ0n) is 30.2. The van der Waals surface area contributed by atoms with Crippen LogP contribution in [0.5, 0.6) is 0 Å². The molecule has 0 saturated carbocycles. The fraction of sp³-hybridized carbons (Fsp3) is 0.325. The molecular formula is C40H39ClN8O4S. The molecule has 0 radical (unpaired) electrons. The molecule has 2 aliphatic rings. The maximum absolute atomic E-state index is 13.3. The summed E-state index contributed by atoms with van der Waals surface area (Å²) in [6.07, 6.45) is 4.17. The van der Waals surface area contributed by atoms with Crippen molar-refractivity contribution in [2.45, 2.75) is 65.0 Å². The smallest absolute Gasteiger partial charge is 0.249 e. The van der Waals surface area contributed by atoms with Crippen LogP contribution < -0.4 is 10.6 Å². The molecule has 1 unspecified atom stereocenters. The molecule has 1 saturated heterocycles. The van der Waals surface area contributed by atoms with Gasteiger partial charge in [0.25, 0.3) is 0 Å². The number of carbonyl (C=O) groups excluding carboxylic acids is 3. The van der Waals surface area contributed by atoms with Crippen LogP contribution in [0.3, 0.4) is 0 Å². The normalized spacial score (nSPS) is 16.9. The third-order valence-electron chi connectivity index (χ3n) is 10.2. The molecular weight excluding hydrogens is 724 g/mol. The van der Waals surface area contributed by atoms with Gasteiger partial charge in [0.15, 0.2) is 5.82 Å². The van der Waals surface area contributed by atoms with E-state index >= 15 is 0 Å². The molecule has 1 fully saturated rings. The van der Waals surface area contributed by atoms with Gasteiger partial charge in [-0.05, 0) is 87.6 Å². The van der Waals surface area contributed by atoms with Gasteiger partial charge in [0.2, 0.25) is 17.7 Å². The molecule has 2 aliphatic heterocycles. The van der Waals surface area contributed by atoms with Gasteiger partial charge in [-0.1, -0.05) is 29.8 Å². The second kappa shape index (κ2) is 14.9. The fourth-order valence-corrected chi connectivity index (χ4v) is 8.78. The van der Waals surface area contributed by atoms with Crippen LogP contribution in [0.4, 0.5) is 0 Å². The molecule has 54 heavy (non-hydrogen) atoms. The number of amides is 3. The number of aryl methyl sites for hydroxylation is 3. The molecule has 6 heterocycles. The molecule has 12 nitrogen and oxygen atoms in total. The van der Waals surface area contributed by atoms with E-state index in [2.05, 4.69) is 51.8 Å². The minimum absolute atomic E-state index is 0.111. The van der Waals surface area contributed by atoms with Crippen LogP contribution in [0.1, 0.15) is 76.5 Å². The van der Waals surface area contributed by atoms with E-state index in [1.807, 2.05) is 58.5 Å². The second-order valence-electron chi connectivity index (χ2n) is 13.7. The molecule has 0 bridgehead atoms. The van der Waals surface area contributed by atoms with E-state index in [0.717, 1.165) is 73.6 Å². The summed E-state index contributed by atoms with van der Waals surface area (Å²) in [5, 5.41) is 18.0. The van der Waals surface area contributed by atoms with Crippen molar-refractivity contribution in [2.75, 3.05) is 19.8 Å². The van der Waals surface area contributed by atoms with Gasteiger partial charge in [-0.25, -0.2) is 4.98 Å². The van der Waals surface area contributed by atoms with Crippen LogP contribution in [0, 0.1) is 20.8 Å². The summed E-state index contributed by atoms with van der Waals surface area (Å²) < 4.78 is 9.91. The van der Waals surface area contributed by atoms with E-state index in [9.17, 15) is 14.4 Å². The van der Waals surface area contributed by atoms with Crippen LogP contribution in [-0.2, 0) is 25.5 Å². The largest absolute Gasteiger partial charge is 0.380 e. The number of nitrogens with one attached hydrogen (secondary N) is 2. The first-order valence-corrected chi connectivity index (χ1v) is 19.3. The second-order valence-corrected chi connectivity index (χ2v) is 15.4. The van der Waals surface area contributed by atoms with E-state index in [4.69, 9.17) is 21.3 Å². The molecule has 2 atom stereocenters. The van der Waals surface area contributed by atoms with Crippen molar-refractivity contribution in [2.24, 2.45) is 4.99 Å². The highest BCUT2D eigenvalue weighted by Gasteiger charge is 2.33. The first-order chi connectivity index (χ1) is 26.2. The van der Waals surface area contributed by atoms with Crippen molar-refractivity contribution in [1.29, 1.82) is 0 Å². The van der Waals surface area contributed by atoms with Crippen molar-refractivity contribution >= 4 is 68.3 Å². The summed E-state index contributed by atoms with van der Waals surface area (Å²) in [5.74, 6) is 0.702. The lowest BCUT2D eigenvalue weighted by Gasteiger charge is -2.23. The number of hydrogen-bond acceptors (Lipinski definition) is 9. The van der Waals surface area contributed by atoms with Crippen molar-refractivity contribution in [3.8, 4) is 5.00 Å². The van der Waals surface area contributed by atoms with Gasteiger partial charge in [-0.3, -0.25) is 29.3 Å². The van der Waals surface area contributed by atoms with Crippen molar-refractivity contribution in [3.63, 3.8) is 0 Å². The van der Waals surface area contributed by atoms with Crippen LogP contribution in [0.15, 0.2) is 65.8 Å². The minimum Gasteiger partial charge on any atom is -0.380 e. The van der Waals surface area contributed by atoms with E-state index in [1.165, 1.54) is 4.88 Å². The Kier molecular flexibility index (Phi) is 9.86. The Labute approximate surface area is 320 Å². The molecule has 2 N–H and O–H groups in total. The zero-order valence-corrected chi connectivity index (χ0v) is 31.8. The summed E-state index contributed by atoms with van der Waals surface area (Å²) in [7, 11) is 0. The first kappa shape index (κ1) is 35.8. The van der Waals surface area contributed by atoms with Crippen LogP contribution in [-0.4, -0.2) is 67.5 Å². The molecule has 0 spiro atoms. The third-order valence-corrected chi connectivity index (χ3v) is 11.7. The number of hydrogen-bond donors (Lipinski definition) is 2. The average Bonchev–Trinajstić information content (AvgIpc) is 3.77. The predicted octanol–water partition coefficient (Wildman–Crippen LogP) is 6.44. The lowest BCUT2D eigenvalue weighted by Crippen LogP contribution is -2.41. The summed E-state index contributed by atoms with van der Waals surface area (Å²) in [5.41, 5.74) is 6.70. The van der Waals surface area contributed by atoms with Crippen molar-refractivity contribution in [1.82, 2.24) is 34.9 Å². The SMILES string of the molecule is Cc1sc2c(c1C)C(c1ccc(Cl)cc1)=N[C@@H](CC(=O)NCCOCCCc1ccc3c(c1)c1cccnc1n3C1CCC(=O)NC1=O)c1nnc(C)n1-2. The lowest BCUT2D eigenvalue weighted by molar-refractivity contribution is -0.135. The minimum atomic E-state index is -0.539. The molecule has 2 aromatic carbocycles. The number of aromatic nitrogens is 5. The number of pyridine rings is 1. The number of piperidine rings is 1. The summed E-state index contributed by atoms with van der Waals surface area (Å²) in [6.45, 7) is 7.41. The maximum Gasteiger partial charge on any atom is 0.249 e. The number of imide groups is 1. The van der Waals surface area contributed by atoms with Gasteiger partial charge >= 0.3 is 0 Å². The Bertz CT molecular complexity index is 2470. The molecule has 276 valence electrons. The zero-order chi connectivity index (χ0) is 37.5. The van der Waals surface area contributed by atoms with Crippen LogP contribution >= 0.6 is 22.9 Å². The molecule has 3 amide bonds. The van der Waals surface area contributed by atoms with Gasteiger partial charge < -0.3 is 14.6 Å². The fourth-order valence-electron chi connectivity index (χ4n) is 7.45. The summed E-state index contributed by atoms with van der Waals surface area (Å²) >= 11 is 7.91. The number of benzene rings is 2. The molecule has 0 aliphatic carbocycles. The Morgan fingerprint density at radius 3 is 2.70 bits per heavy atom. The Balaban J connectivity index is 0.884. The topological polar surface area (TPSA) is 145 Å². The van der Waals surface area contributed by atoms with Gasteiger partial charge in [-0.15, -0.1) is 21.5 Å². The number of nitrogens with zero attached hydrogens (tertiary/aromatic N) is 6. The molecule has 8 rings (SSSR count). The van der Waals surface area contributed by atoms with Gasteiger partial charge in [0.05, 0.1) is 24.3 Å². The Hall–Kier alpha value is -5.24. The van der Waals surface area contributed by atoms with Gasteiger partial charge in [0.1, 0.15) is 28.6 Å². The van der Waals surface area contributed by atoms with E-state index in [0.29, 0.717) is 43.4 Å². The summed E-state index contributed by atoms with van der Waals surface area (Å²) in [6, 6.07) is 16.8. The van der Waals surface area contributed by atoms with Gasteiger partial charge in [0, 0.05) is 57.6 Å². The third kappa shape index (κ3) is 6.71. The molecule has 6 aromatic rings.